The zero-order valence-electron chi connectivity index (χ0n) is 13.7. The van der Waals surface area contributed by atoms with E-state index in [1.807, 2.05) is 0 Å². The number of carbonyl (C=O) groups excluding carboxylic acids is 2. The third kappa shape index (κ3) is 3.71. The Kier molecular flexibility index (Phi) is 5.42. The number of hydrogen-bond acceptors (Lipinski definition) is 5. The van der Waals surface area contributed by atoms with Crippen LogP contribution in [0.4, 0.5) is 5.69 Å². The number of esters is 1. The van der Waals surface area contributed by atoms with Crippen LogP contribution in [0.15, 0.2) is 24.3 Å². The monoisotopic (exact) mass is 379 g/mol. The fourth-order valence-corrected chi connectivity index (χ4v) is 4.21. The van der Waals surface area contributed by atoms with Gasteiger partial charge in [0.25, 0.3) is 5.91 Å². The van der Waals surface area contributed by atoms with Gasteiger partial charge in [0.1, 0.15) is 4.88 Å². The Labute approximate surface area is 154 Å². The minimum absolute atomic E-state index is 0.245. The van der Waals surface area contributed by atoms with Gasteiger partial charge in [-0.1, -0.05) is 11.6 Å². The molecule has 0 saturated carbocycles. The third-order valence-corrected chi connectivity index (χ3v) is 5.62. The van der Waals surface area contributed by atoms with E-state index in [-0.39, 0.29) is 12.5 Å². The summed E-state index contributed by atoms with van der Waals surface area (Å²) in [7, 11) is 0. The van der Waals surface area contributed by atoms with Gasteiger partial charge in [0.15, 0.2) is 0 Å². The van der Waals surface area contributed by atoms with Crippen LogP contribution in [0.5, 0.6) is 0 Å². The number of carbonyl (C=O) groups is 2. The summed E-state index contributed by atoms with van der Waals surface area (Å²) < 4.78 is 5.11. The van der Waals surface area contributed by atoms with E-state index < -0.39 is 12.1 Å². The first kappa shape index (κ1) is 17.9. The zero-order chi connectivity index (χ0) is 18.0. The van der Waals surface area contributed by atoms with Crippen LogP contribution in [-0.2, 0) is 11.2 Å². The quantitative estimate of drug-likeness (QED) is 0.780. The number of aliphatic hydroxyl groups excluding tert-OH is 1. The molecule has 1 atom stereocenters. The lowest BCUT2D eigenvalue weighted by Gasteiger charge is -2.18. The van der Waals surface area contributed by atoms with Crippen molar-refractivity contribution in [1.29, 1.82) is 0 Å². The topological polar surface area (TPSA) is 75.6 Å². The van der Waals surface area contributed by atoms with Gasteiger partial charge in [-0.15, -0.1) is 11.3 Å². The van der Waals surface area contributed by atoms with Crippen LogP contribution in [0.2, 0.25) is 5.02 Å². The van der Waals surface area contributed by atoms with Gasteiger partial charge in [0.05, 0.1) is 18.4 Å². The second kappa shape index (κ2) is 7.56. The van der Waals surface area contributed by atoms with Crippen molar-refractivity contribution in [2.24, 2.45) is 0 Å². The zero-order valence-corrected chi connectivity index (χ0v) is 15.2. The molecule has 1 aliphatic rings. The van der Waals surface area contributed by atoms with Gasteiger partial charge < -0.3 is 15.2 Å². The second-order valence-corrected chi connectivity index (χ2v) is 7.23. The average molecular weight is 380 g/mol. The number of halogens is 1. The summed E-state index contributed by atoms with van der Waals surface area (Å²) in [6.45, 7) is 1.97. The van der Waals surface area contributed by atoms with E-state index in [1.54, 1.807) is 31.2 Å². The number of ether oxygens (including phenoxy) is 1. The number of rotatable bonds is 4. The van der Waals surface area contributed by atoms with Crippen molar-refractivity contribution in [3.05, 3.63) is 50.2 Å². The summed E-state index contributed by atoms with van der Waals surface area (Å²) in [5.74, 6) is -0.816. The van der Waals surface area contributed by atoms with Crippen molar-refractivity contribution >= 4 is 40.5 Å². The molecule has 0 saturated heterocycles. The van der Waals surface area contributed by atoms with E-state index in [4.69, 9.17) is 16.3 Å². The number of amides is 1. The Hall–Kier alpha value is -1.89. The van der Waals surface area contributed by atoms with Gasteiger partial charge in [-0.3, -0.25) is 4.79 Å². The molecule has 5 nitrogen and oxygen atoms in total. The standard InChI is InChI=1S/C18H18ClNO4S/c1-2-24-18(23)16-14(12-4-3-5-13(21)15(12)25-16)20-17(22)10-6-8-11(19)9-7-10/h6-9,13,21H,2-5H2,1H3,(H,20,22). The van der Waals surface area contributed by atoms with E-state index in [1.165, 1.54) is 11.3 Å². The number of thiophene rings is 1. The Bertz CT molecular complexity index is 800. The highest BCUT2D eigenvalue weighted by Gasteiger charge is 2.30. The Balaban J connectivity index is 1.97. The molecule has 1 aromatic heterocycles. The van der Waals surface area contributed by atoms with Gasteiger partial charge in [-0.25, -0.2) is 4.79 Å². The minimum atomic E-state index is -0.608. The van der Waals surface area contributed by atoms with Crippen LogP contribution in [-0.4, -0.2) is 23.6 Å². The number of aliphatic hydroxyl groups is 1. The smallest absolute Gasteiger partial charge is 0.350 e. The Morgan fingerprint density at radius 2 is 2.08 bits per heavy atom. The van der Waals surface area contributed by atoms with Crippen molar-refractivity contribution in [2.75, 3.05) is 11.9 Å². The van der Waals surface area contributed by atoms with Crippen LogP contribution in [0.25, 0.3) is 0 Å². The fraction of sp³-hybridized carbons (Fsp3) is 0.333. The molecule has 0 bridgehead atoms. The van der Waals surface area contributed by atoms with Gasteiger partial charge >= 0.3 is 5.97 Å². The van der Waals surface area contributed by atoms with E-state index in [0.29, 0.717) is 34.0 Å². The highest BCUT2D eigenvalue weighted by molar-refractivity contribution is 7.15. The molecule has 2 aromatic rings. The summed E-state index contributed by atoms with van der Waals surface area (Å²) in [6.07, 6.45) is 1.55. The molecule has 1 amide bonds. The maximum Gasteiger partial charge on any atom is 0.350 e. The molecule has 1 unspecified atom stereocenters. The first-order chi connectivity index (χ1) is 12.0. The summed E-state index contributed by atoms with van der Waals surface area (Å²) in [4.78, 5) is 25.9. The largest absolute Gasteiger partial charge is 0.462 e. The molecule has 3 rings (SSSR count). The van der Waals surface area contributed by atoms with E-state index >= 15 is 0 Å². The normalized spacial score (nSPS) is 16.2. The van der Waals surface area contributed by atoms with Gasteiger partial charge in [0, 0.05) is 15.5 Å². The SMILES string of the molecule is CCOC(=O)c1sc2c(c1NC(=O)c1ccc(Cl)cc1)CCCC2O. The van der Waals surface area contributed by atoms with E-state index in [2.05, 4.69) is 5.32 Å². The number of anilines is 1. The Morgan fingerprint density at radius 1 is 1.36 bits per heavy atom. The predicted molar refractivity (Wildman–Crippen MR) is 97.6 cm³/mol. The molecule has 0 radical (unpaired) electrons. The van der Waals surface area contributed by atoms with E-state index in [9.17, 15) is 14.7 Å². The third-order valence-electron chi connectivity index (χ3n) is 4.05. The summed E-state index contributed by atoms with van der Waals surface area (Å²) >= 11 is 7.05. The molecule has 2 N–H and O–H groups in total. The van der Waals surface area contributed by atoms with Crippen molar-refractivity contribution in [3.8, 4) is 0 Å². The lowest BCUT2D eigenvalue weighted by atomic mass is 9.95. The molecule has 132 valence electrons. The number of benzene rings is 1. The van der Waals surface area contributed by atoms with E-state index in [0.717, 1.165) is 16.9 Å². The molecular formula is C18H18ClNO4S. The minimum Gasteiger partial charge on any atom is -0.462 e. The molecule has 0 aliphatic heterocycles. The molecule has 25 heavy (non-hydrogen) atoms. The maximum absolute atomic E-state index is 12.6. The lowest BCUT2D eigenvalue weighted by Crippen LogP contribution is -2.16. The number of hydrogen-bond donors (Lipinski definition) is 2. The van der Waals surface area contributed by atoms with Gasteiger partial charge in [-0.2, -0.15) is 0 Å². The highest BCUT2D eigenvalue weighted by Crippen LogP contribution is 2.43. The lowest BCUT2D eigenvalue weighted by molar-refractivity contribution is 0.0533. The van der Waals surface area contributed by atoms with Crippen LogP contribution < -0.4 is 5.32 Å². The number of nitrogens with one attached hydrogen (secondary N) is 1. The predicted octanol–water partition coefficient (Wildman–Crippen LogP) is 4.20. The van der Waals surface area contributed by atoms with Crippen LogP contribution in [0.3, 0.4) is 0 Å². The van der Waals surface area contributed by atoms with Crippen LogP contribution in [0.1, 0.15) is 56.3 Å². The molecule has 1 aromatic carbocycles. The molecule has 1 aliphatic carbocycles. The fourth-order valence-electron chi connectivity index (χ4n) is 2.86. The first-order valence-corrected chi connectivity index (χ1v) is 9.28. The van der Waals surface area contributed by atoms with Crippen molar-refractivity contribution in [2.45, 2.75) is 32.3 Å². The van der Waals surface area contributed by atoms with Crippen molar-refractivity contribution in [1.82, 2.24) is 0 Å². The van der Waals surface area contributed by atoms with Crippen molar-refractivity contribution < 1.29 is 19.4 Å². The first-order valence-electron chi connectivity index (χ1n) is 8.09. The summed E-state index contributed by atoms with van der Waals surface area (Å²) in [6, 6.07) is 6.51. The average Bonchev–Trinajstić information content (AvgIpc) is 2.96. The maximum atomic E-state index is 12.6. The van der Waals surface area contributed by atoms with Crippen LogP contribution in [0, 0.1) is 0 Å². The molecule has 1 heterocycles. The molecule has 7 heteroatoms. The summed E-state index contributed by atoms with van der Waals surface area (Å²) in [5, 5.41) is 13.6. The molecular weight excluding hydrogens is 362 g/mol. The second-order valence-electron chi connectivity index (χ2n) is 5.74. The van der Waals surface area contributed by atoms with Crippen LogP contribution >= 0.6 is 22.9 Å². The summed E-state index contributed by atoms with van der Waals surface area (Å²) in [5.41, 5.74) is 1.72. The highest BCUT2D eigenvalue weighted by atomic mass is 35.5. The molecule has 0 spiro atoms. The van der Waals surface area contributed by atoms with Gasteiger partial charge in [-0.05, 0) is 56.0 Å². The van der Waals surface area contributed by atoms with Crippen molar-refractivity contribution in [3.63, 3.8) is 0 Å². The number of fused-ring (bicyclic) bond motifs is 1. The Morgan fingerprint density at radius 3 is 2.76 bits per heavy atom. The van der Waals surface area contributed by atoms with Gasteiger partial charge in [0.2, 0.25) is 0 Å². The molecule has 0 fully saturated rings.